The number of halogens is 2. The zero-order valence-corrected chi connectivity index (χ0v) is 8.02. The van der Waals surface area contributed by atoms with Gasteiger partial charge in [-0.05, 0) is 50.1 Å². The Bertz CT molecular complexity index is 129. The van der Waals surface area contributed by atoms with E-state index in [0.29, 0.717) is 18.4 Å². The van der Waals surface area contributed by atoms with Gasteiger partial charge in [0.15, 0.2) is 0 Å². The average Bonchev–Trinajstić information content (AvgIpc) is 2.45. The summed E-state index contributed by atoms with van der Waals surface area (Å²) in [6.07, 6.45) is 3.22. The van der Waals surface area contributed by atoms with Crippen molar-refractivity contribution in [2.45, 2.75) is 6.42 Å². The van der Waals surface area contributed by atoms with Crippen molar-refractivity contribution in [2.24, 2.45) is 11.8 Å². The molecule has 9 heavy (non-hydrogen) atoms. The maximum atomic E-state index is 8.63. The van der Waals surface area contributed by atoms with Crippen LogP contribution < -0.4 is 0 Å². The maximum absolute atomic E-state index is 8.63. The first kappa shape index (κ1) is 7.76. The van der Waals surface area contributed by atoms with Gasteiger partial charge in [0.2, 0.25) is 0 Å². The van der Waals surface area contributed by atoms with E-state index < -0.39 is 0 Å². The lowest BCUT2D eigenvalue weighted by atomic mass is 10.3. The molecule has 1 saturated carbocycles. The molecule has 0 spiro atoms. The first-order chi connectivity index (χ1) is 4.24. The molecule has 1 aliphatic rings. The van der Waals surface area contributed by atoms with E-state index in [9.17, 15) is 0 Å². The summed E-state index contributed by atoms with van der Waals surface area (Å²) in [6, 6.07) is 0. The molecule has 1 rings (SSSR count). The summed E-state index contributed by atoms with van der Waals surface area (Å²) in [5.41, 5.74) is 0. The SMILES string of the molecule is OCC1CC1C=C(Br)Br. The topological polar surface area (TPSA) is 20.2 Å². The Morgan fingerprint density at radius 2 is 2.33 bits per heavy atom. The Morgan fingerprint density at radius 3 is 2.67 bits per heavy atom. The summed E-state index contributed by atoms with van der Waals surface area (Å²) in [5, 5.41) is 8.63. The Kier molecular flexibility index (Phi) is 2.73. The summed E-state index contributed by atoms with van der Waals surface area (Å²) >= 11 is 6.54. The highest BCUT2D eigenvalue weighted by Gasteiger charge is 2.34. The normalized spacial score (nSPS) is 31.9. The van der Waals surface area contributed by atoms with Crippen LogP contribution in [-0.2, 0) is 0 Å². The molecule has 0 aromatic carbocycles. The van der Waals surface area contributed by atoms with Gasteiger partial charge in [0.05, 0.1) is 3.39 Å². The zero-order valence-electron chi connectivity index (χ0n) is 4.85. The fraction of sp³-hybridized carbons (Fsp3) is 0.667. The predicted molar refractivity (Wildman–Crippen MR) is 44.6 cm³/mol. The molecule has 0 heterocycles. The first-order valence-electron chi connectivity index (χ1n) is 2.87. The second kappa shape index (κ2) is 3.17. The van der Waals surface area contributed by atoms with Crippen LogP contribution in [0, 0.1) is 11.8 Å². The Hall–Kier alpha value is 0.660. The van der Waals surface area contributed by atoms with Crippen molar-refractivity contribution in [3.8, 4) is 0 Å². The quantitative estimate of drug-likeness (QED) is 0.803. The van der Waals surface area contributed by atoms with Crippen molar-refractivity contribution >= 4 is 31.9 Å². The van der Waals surface area contributed by atoms with E-state index in [4.69, 9.17) is 5.11 Å². The second-order valence-corrected chi connectivity index (χ2v) is 5.07. The van der Waals surface area contributed by atoms with Crippen LogP contribution in [-0.4, -0.2) is 11.7 Å². The smallest absolute Gasteiger partial charge is 0.0567 e. The highest BCUT2D eigenvalue weighted by molar-refractivity contribution is 9.28. The number of aliphatic hydroxyl groups excluding tert-OH is 1. The van der Waals surface area contributed by atoms with Crippen molar-refractivity contribution in [3.63, 3.8) is 0 Å². The van der Waals surface area contributed by atoms with Gasteiger partial charge in [-0.2, -0.15) is 0 Å². The van der Waals surface area contributed by atoms with Crippen LogP contribution in [0.25, 0.3) is 0 Å². The molecule has 0 aromatic heterocycles. The summed E-state index contributed by atoms with van der Waals surface area (Å²) in [5.74, 6) is 1.12. The maximum Gasteiger partial charge on any atom is 0.0567 e. The van der Waals surface area contributed by atoms with Crippen LogP contribution in [0.5, 0.6) is 0 Å². The predicted octanol–water partition coefficient (Wildman–Crippen LogP) is 2.25. The van der Waals surface area contributed by atoms with Crippen LogP contribution in [0.1, 0.15) is 6.42 Å². The fourth-order valence-corrected chi connectivity index (χ4v) is 1.53. The van der Waals surface area contributed by atoms with Crippen molar-refractivity contribution in [2.75, 3.05) is 6.61 Å². The van der Waals surface area contributed by atoms with Gasteiger partial charge in [-0.3, -0.25) is 0 Å². The van der Waals surface area contributed by atoms with Crippen molar-refractivity contribution < 1.29 is 5.11 Å². The minimum Gasteiger partial charge on any atom is -0.396 e. The van der Waals surface area contributed by atoms with Crippen molar-refractivity contribution in [1.82, 2.24) is 0 Å². The summed E-state index contributed by atoms with van der Waals surface area (Å²) < 4.78 is 0.996. The third-order valence-corrected chi connectivity index (χ3v) is 2.08. The fourth-order valence-electron chi connectivity index (χ4n) is 0.847. The van der Waals surface area contributed by atoms with E-state index in [0.717, 1.165) is 9.81 Å². The number of hydrogen-bond acceptors (Lipinski definition) is 1. The second-order valence-electron chi connectivity index (χ2n) is 2.30. The average molecular weight is 256 g/mol. The molecule has 0 aromatic rings. The minimum atomic E-state index is 0.328. The molecule has 0 bridgehead atoms. The first-order valence-corrected chi connectivity index (χ1v) is 4.46. The highest BCUT2D eigenvalue weighted by atomic mass is 79.9. The molecule has 0 saturated heterocycles. The van der Waals surface area contributed by atoms with Gasteiger partial charge >= 0.3 is 0 Å². The van der Waals surface area contributed by atoms with Crippen LogP contribution in [0.2, 0.25) is 0 Å². The van der Waals surface area contributed by atoms with Gasteiger partial charge < -0.3 is 5.11 Å². The van der Waals surface area contributed by atoms with Gasteiger partial charge in [0.25, 0.3) is 0 Å². The molecule has 1 nitrogen and oxygen atoms in total. The van der Waals surface area contributed by atoms with Crippen LogP contribution in [0.15, 0.2) is 9.47 Å². The lowest BCUT2D eigenvalue weighted by Gasteiger charge is -1.85. The van der Waals surface area contributed by atoms with Crippen molar-refractivity contribution in [3.05, 3.63) is 9.47 Å². The van der Waals surface area contributed by atoms with Crippen LogP contribution >= 0.6 is 31.9 Å². The third kappa shape index (κ3) is 2.40. The Balaban J connectivity index is 2.27. The molecule has 3 heteroatoms. The molecule has 0 radical (unpaired) electrons. The molecule has 0 aliphatic heterocycles. The molecule has 2 atom stereocenters. The Morgan fingerprint density at radius 1 is 1.67 bits per heavy atom. The minimum absolute atomic E-state index is 0.328. The largest absolute Gasteiger partial charge is 0.396 e. The van der Waals surface area contributed by atoms with Gasteiger partial charge in [0, 0.05) is 6.61 Å². The lowest BCUT2D eigenvalue weighted by Crippen LogP contribution is -1.85. The van der Waals surface area contributed by atoms with Crippen LogP contribution in [0.4, 0.5) is 0 Å². The molecule has 2 unspecified atom stereocenters. The zero-order chi connectivity index (χ0) is 6.85. The summed E-state index contributed by atoms with van der Waals surface area (Å²) in [4.78, 5) is 0. The number of hydrogen-bond donors (Lipinski definition) is 1. The third-order valence-electron chi connectivity index (χ3n) is 1.55. The Labute approximate surface area is 71.4 Å². The van der Waals surface area contributed by atoms with E-state index in [-0.39, 0.29) is 0 Å². The van der Waals surface area contributed by atoms with E-state index >= 15 is 0 Å². The molecule has 1 aliphatic carbocycles. The summed E-state index contributed by atoms with van der Waals surface area (Å²) in [7, 11) is 0. The van der Waals surface area contributed by atoms with Gasteiger partial charge in [0.1, 0.15) is 0 Å². The van der Waals surface area contributed by atoms with E-state index in [1.807, 2.05) is 0 Å². The number of aliphatic hydroxyl groups is 1. The van der Waals surface area contributed by atoms with Gasteiger partial charge in [-0.25, -0.2) is 0 Å². The van der Waals surface area contributed by atoms with E-state index in [2.05, 4.69) is 37.9 Å². The van der Waals surface area contributed by atoms with Crippen molar-refractivity contribution in [1.29, 1.82) is 0 Å². The molecule has 1 fully saturated rings. The molecule has 1 N–H and O–H groups in total. The van der Waals surface area contributed by atoms with Gasteiger partial charge in [-0.1, -0.05) is 6.08 Å². The van der Waals surface area contributed by atoms with E-state index in [1.54, 1.807) is 0 Å². The lowest BCUT2D eigenvalue weighted by molar-refractivity contribution is 0.272. The number of allylic oxidation sites excluding steroid dienone is 1. The molecule has 52 valence electrons. The molecular formula is C6H8Br2O. The summed E-state index contributed by atoms with van der Waals surface area (Å²) in [6.45, 7) is 0.328. The van der Waals surface area contributed by atoms with Crippen LogP contribution in [0.3, 0.4) is 0 Å². The molecular weight excluding hydrogens is 248 g/mol. The molecule has 0 amide bonds. The standard InChI is InChI=1S/C6H8Br2O/c7-6(8)2-4-1-5(4)3-9/h2,4-5,9H,1,3H2. The highest BCUT2D eigenvalue weighted by Crippen LogP contribution is 2.40. The van der Waals surface area contributed by atoms with Gasteiger partial charge in [-0.15, -0.1) is 0 Å². The monoisotopic (exact) mass is 254 g/mol. The number of rotatable bonds is 2. The van der Waals surface area contributed by atoms with E-state index in [1.165, 1.54) is 0 Å².